The van der Waals surface area contributed by atoms with Gasteiger partial charge in [-0.05, 0) is 37.2 Å². The lowest BCUT2D eigenvalue weighted by molar-refractivity contribution is 0.299. The van der Waals surface area contributed by atoms with Crippen LogP contribution in [0, 0.1) is 11.8 Å². The smallest absolute Gasteiger partial charge is 0.194 e. The second kappa shape index (κ2) is 8.59. The molecule has 2 aromatic rings. The second-order valence-corrected chi connectivity index (χ2v) is 7.84. The van der Waals surface area contributed by atoms with Crippen molar-refractivity contribution in [1.29, 1.82) is 0 Å². The van der Waals surface area contributed by atoms with Crippen molar-refractivity contribution in [2.45, 2.75) is 45.7 Å². The van der Waals surface area contributed by atoms with Crippen LogP contribution in [0.1, 0.15) is 44.0 Å². The molecule has 27 heavy (non-hydrogen) atoms. The highest BCUT2D eigenvalue weighted by Gasteiger charge is 2.35. The summed E-state index contributed by atoms with van der Waals surface area (Å²) in [5, 5.41) is 3.50. The van der Waals surface area contributed by atoms with E-state index in [-0.39, 0.29) is 0 Å². The zero-order valence-corrected chi connectivity index (χ0v) is 16.3. The Kier molecular flexibility index (Phi) is 5.75. The highest BCUT2D eigenvalue weighted by Crippen LogP contribution is 2.35. The van der Waals surface area contributed by atoms with Crippen LogP contribution in [0.25, 0.3) is 0 Å². The molecule has 2 unspecified atom stereocenters. The number of guanidine groups is 1. The maximum Gasteiger partial charge on any atom is 0.194 e. The number of benzene rings is 1. The molecule has 0 bridgehead atoms. The average Bonchev–Trinajstić information content (AvgIpc) is 3.32. The largest absolute Gasteiger partial charge is 0.357 e. The summed E-state index contributed by atoms with van der Waals surface area (Å²) >= 11 is 0. The van der Waals surface area contributed by atoms with E-state index in [0.717, 1.165) is 49.8 Å². The van der Waals surface area contributed by atoms with Crippen LogP contribution in [0.2, 0.25) is 0 Å². The second-order valence-electron chi connectivity index (χ2n) is 7.84. The first kappa shape index (κ1) is 18.1. The molecule has 2 atom stereocenters. The summed E-state index contributed by atoms with van der Waals surface area (Å²) < 4.78 is 2.20. The van der Waals surface area contributed by atoms with Crippen LogP contribution < -0.4 is 5.32 Å². The molecule has 0 spiro atoms. The first-order chi connectivity index (χ1) is 13.3. The summed E-state index contributed by atoms with van der Waals surface area (Å²) in [6, 6.07) is 10.5. The first-order valence-corrected chi connectivity index (χ1v) is 10.4. The molecule has 2 aliphatic rings. The fourth-order valence-electron chi connectivity index (χ4n) is 4.57. The van der Waals surface area contributed by atoms with Crippen LogP contribution in [0.4, 0.5) is 0 Å². The third-order valence-corrected chi connectivity index (χ3v) is 5.98. The van der Waals surface area contributed by atoms with Gasteiger partial charge >= 0.3 is 0 Å². The van der Waals surface area contributed by atoms with Crippen molar-refractivity contribution in [2.24, 2.45) is 16.8 Å². The summed E-state index contributed by atoms with van der Waals surface area (Å²) in [6.07, 6.45) is 9.52. The molecule has 5 nitrogen and oxygen atoms in total. The molecule has 1 saturated heterocycles. The zero-order valence-electron chi connectivity index (χ0n) is 16.3. The van der Waals surface area contributed by atoms with Crippen molar-refractivity contribution in [2.75, 3.05) is 19.6 Å². The number of rotatable bonds is 5. The van der Waals surface area contributed by atoms with Crippen molar-refractivity contribution in [3.8, 4) is 0 Å². The minimum Gasteiger partial charge on any atom is -0.357 e. The molecule has 0 amide bonds. The fourth-order valence-corrected chi connectivity index (χ4v) is 4.57. The SMILES string of the molecule is CCNC(=NCc1nccn1Cc1ccccc1)N1CC2CCCCC2C1. The van der Waals surface area contributed by atoms with Gasteiger partial charge in [-0.2, -0.15) is 0 Å². The van der Waals surface area contributed by atoms with E-state index in [1.807, 2.05) is 6.20 Å². The van der Waals surface area contributed by atoms with Crippen molar-refractivity contribution in [3.05, 3.63) is 54.1 Å². The summed E-state index contributed by atoms with van der Waals surface area (Å²) in [7, 11) is 0. The number of nitrogens with one attached hydrogen (secondary N) is 1. The third kappa shape index (κ3) is 4.34. The lowest BCUT2D eigenvalue weighted by atomic mass is 9.82. The normalized spacial score (nSPS) is 22.7. The van der Waals surface area contributed by atoms with Gasteiger partial charge in [-0.25, -0.2) is 9.98 Å². The van der Waals surface area contributed by atoms with Crippen LogP contribution in [0.15, 0.2) is 47.7 Å². The standard InChI is InChI=1S/C22H31N5/c1-2-23-22(27-16-19-10-6-7-11-20(19)17-27)25-14-21-24-12-13-26(21)15-18-8-4-3-5-9-18/h3-5,8-9,12-13,19-20H,2,6-7,10-11,14-17H2,1H3,(H,23,25). The van der Waals surface area contributed by atoms with E-state index in [4.69, 9.17) is 4.99 Å². The quantitative estimate of drug-likeness (QED) is 0.651. The van der Waals surface area contributed by atoms with E-state index < -0.39 is 0 Å². The number of fused-ring (bicyclic) bond motifs is 1. The summed E-state index contributed by atoms with van der Waals surface area (Å²) in [4.78, 5) is 12.0. The number of aromatic nitrogens is 2. The fraction of sp³-hybridized carbons (Fsp3) is 0.545. The number of aliphatic imine (C=N–C) groups is 1. The molecular weight excluding hydrogens is 334 g/mol. The number of likely N-dealkylation sites (tertiary alicyclic amines) is 1. The topological polar surface area (TPSA) is 45.5 Å². The van der Waals surface area contributed by atoms with E-state index in [2.05, 4.69) is 63.2 Å². The lowest BCUT2D eigenvalue weighted by Crippen LogP contribution is -2.40. The maximum atomic E-state index is 4.95. The molecule has 1 aromatic carbocycles. The van der Waals surface area contributed by atoms with Gasteiger partial charge in [0.25, 0.3) is 0 Å². The van der Waals surface area contributed by atoms with Gasteiger partial charge in [-0.1, -0.05) is 43.2 Å². The Morgan fingerprint density at radius 3 is 2.59 bits per heavy atom. The van der Waals surface area contributed by atoms with E-state index in [0.29, 0.717) is 6.54 Å². The van der Waals surface area contributed by atoms with Crippen molar-refractivity contribution in [1.82, 2.24) is 19.8 Å². The molecule has 5 heteroatoms. The predicted molar refractivity (Wildman–Crippen MR) is 110 cm³/mol. The molecule has 1 saturated carbocycles. The lowest BCUT2D eigenvalue weighted by Gasteiger charge is -2.22. The number of hydrogen-bond donors (Lipinski definition) is 1. The van der Waals surface area contributed by atoms with Crippen molar-refractivity contribution < 1.29 is 0 Å². The average molecular weight is 366 g/mol. The van der Waals surface area contributed by atoms with Crippen molar-refractivity contribution >= 4 is 5.96 Å². The minimum atomic E-state index is 0.619. The van der Waals surface area contributed by atoms with Gasteiger partial charge in [-0.3, -0.25) is 0 Å². The monoisotopic (exact) mass is 365 g/mol. The van der Waals surface area contributed by atoms with Gasteiger partial charge in [0.15, 0.2) is 5.96 Å². The maximum absolute atomic E-state index is 4.95. The van der Waals surface area contributed by atoms with Crippen molar-refractivity contribution in [3.63, 3.8) is 0 Å². The molecule has 2 heterocycles. The van der Waals surface area contributed by atoms with Crippen LogP contribution in [-0.2, 0) is 13.1 Å². The minimum absolute atomic E-state index is 0.619. The highest BCUT2D eigenvalue weighted by molar-refractivity contribution is 5.80. The van der Waals surface area contributed by atoms with Gasteiger partial charge in [0, 0.05) is 38.6 Å². The third-order valence-electron chi connectivity index (χ3n) is 5.98. The molecule has 1 aliphatic carbocycles. The van der Waals surface area contributed by atoms with Gasteiger partial charge in [0.1, 0.15) is 12.4 Å². The van der Waals surface area contributed by atoms with Gasteiger partial charge in [0.05, 0.1) is 0 Å². The molecule has 4 rings (SSSR count). The zero-order chi connectivity index (χ0) is 18.5. The van der Waals surface area contributed by atoms with Crippen LogP contribution in [-0.4, -0.2) is 40.0 Å². The predicted octanol–water partition coefficient (Wildman–Crippen LogP) is 3.52. The Labute approximate surface area is 162 Å². The van der Waals surface area contributed by atoms with E-state index in [9.17, 15) is 0 Å². The molecule has 0 radical (unpaired) electrons. The Bertz CT molecular complexity index is 737. The van der Waals surface area contributed by atoms with Gasteiger partial charge in [0.2, 0.25) is 0 Å². The van der Waals surface area contributed by atoms with Crippen LogP contribution in [0.3, 0.4) is 0 Å². The van der Waals surface area contributed by atoms with Gasteiger partial charge < -0.3 is 14.8 Å². The highest BCUT2D eigenvalue weighted by atomic mass is 15.3. The molecule has 2 fully saturated rings. The van der Waals surface area contributed by atoms with E-state index in [1.54, 1.807) is 0 Å². The summed E-state index contributed by atoms with van der Waals surface area (Å²) in [5.74, 6) is 3.80. The number of hydrogen-bond acceptors (Lipinski definition) is 2. The number of nitrogens with zero attached hydrogens (tertiary/aromatic N) is 4. The molecule has 144 valence electrons. The Morgan fingerprint density at radius 2 is 1.89 bits per heavy atom. The molecular formula is C22H31N5. The van der Waals surface area contributed by atoms with E-state index in [1.165, 1.54) is 31.2 Å². The molecule has 1 N–H and O–H groups in total. The molecule has 1 aromatic heterocycles. The Balaban J connectivity index is 1.44. The van der Waals surface area contributed by atoms with E-state index >= 15 is 0 Å². The van der Waals surface area contributed by atoms with Gasteiger partial charge in [-0.15, -0.1) is 0 Å². The Hall–Kier alpha value is -2.30. The number of imidazole rings is 1. The summed E-state index contributed by atoms with van der Waals surface area (Å²) in [5.41, 5.74) is 1.29. The first-order valence-electron chi connectivity index (χ1n) is 10.4. The van der Waals surface area contributed by atoms with Crippen LogP contribution in [0.5, 0.6) is 0 Å². The summed E-state index contributed by atoms with van der Waals surface area (Å²) in [6.45, 7) is 6.84. The Morgan fingerprint density at radius 1 is 1.15 bits per heavy atom. The molecule has 1 aliphatic heterocycles. The van der Waals surface area contributed by atoms with Crippen LogP contribution >= 0.6 is 0 Å².